The van der Waals surface area contributed by atoms with Gasteiger partial charge in [0.25, 0.3) is 12.9 Å². The number of nitrogens with zero attached hydrogens (tertiary/aromatic N) is 8. The van der Waals surface area contributed by atoms with E-state index in [2.05, 4.69) is 193 Å². The first-order valence-corrected chi connectivity index (χ1v) is 52.3. The molecule has 0 amide bonds. The molecule has 742 valence electrons. The summed E-state index contributed by atoms with van der Waals surface area (Å²) in [5.74, 6) is 6.05. The molecule has 18 atom stereocenters. The number of carbonyl (C=O) groups is 9. The van der Waals surface area contributed by atoms with Gasteiger partial charge >= 0.3 is 0 Å². The Balaban J connectivity index is 0.0000000986. The van der Waals surface area contributed by atoms with Crippen LogP contribution in [0.5, 0.6) is 5.75 Å². The zero-order chi connectivity index (χ0) is 99.7. The summed E-state index contributed by atoms with van der Waals surface area (Å²) in [6.45, 7) is 47.8. The van der Waals surface area contributed by atoms with E-state index in [0.29, 0.717) is 116 Å². The summed E-state index contributed by atoms with van der Waals surface area (Å²) in [5.41, 5.74) is 23.1. The van der Waals surface area contributed by atoms with Gasteiger partial charge in [0.05, 0.1) is 17.7 Å². The molecule has 22 aliphatic rings. The summed E-state index contributed by atoms with van der Waals surface area (Å²) in [7, 11) is 0. The molecule has 3 N–H and O–H groups in total. The molecular formula is C115H134N8O17S. The van der Waals surface area contributed by atoms with Crippen LogP contribution in [0.2, 0.25) is 0 Å². The number of furan rings is 1. The van der Waals surface area contributed by atoms with Crippen LogP contribution in [0.3, 0.4) is 0 Å². The number of ketones is 7. The summed E-state index contributed by atoms with van der Waals surface area (Å²) < 4.78 is 26.9. The van der Waals surface area contributed by atoms with Crippen molar-refractivity contribution in [1.82, 2.24) is 29.4 Å². The van der Waals surface area contributed by atoms with Crippen LogP contribution >= 0.6 is 11.3 Å². The highest BCUT2D eigenvalue weighted by Gasteiger charge is 2.73. The molecule has 13 fully saturated rings. The van der Waals surface area contributed by atoms with Gasteiger partial charge in [-0.1, -0.05) is 67.6 Å². The Labute approximate surface area is 829 Å². The minimum Gasteiger partial charge on any atom is -0.463 e. The average molecular weight is 1930 g/mol. The van der Waals surface area contributed by atoms with E-state index in [1.807, 2.05) is 72.9 Å². The Morgan fingerprint density at radius 1 is 0.525 bits per heavy atom. The number of hydrogen-bond donors (Lipinski definition) is 3. The lowest BCUT2D eigenvalue weighted by Gasteiger charge is -2.39. The van der Waals surface area contributed by atoms with Gasteiger partial charge in [-0.15, -0.1) is 11.3 Å². The largest absolute Gasteiger partial charge is 0.463 e. The number of aliphatic imine (C=N–C) groups is 1. The lowest BCUT2D eigenvalue weighted by Crippen LogP contribution is -2.60. The van der Waals surface area contributed by atoms with Crippen molar-refractivity contribution in [2.24, 2.45) is 56.7 Å². The SMILES string of the molecule is CC(C)N1CC2CC23C1=CC(=O)C1=C3C=C(COC=O)C1.CC(C)N1CC2CC23C1=CC(=O)c1ccccc13.CC(C)N1CC2CC23C1=CC(=O)c1sc(COC=O)cc13.CC(C)N1CC2CC23C=CC(=O)C=C13.CC1=NCC2=C1C13CC1CN(C(C)C)C3=CC2=O.CCC1CN(C(C)C)c2cc(O[C@@H]3O[C@H](C(C)=O)[C@@H](O)[C@H](O)[C@H]3O)c3ccccc3c21.Cc1coc2c1C13CC1CN(C(C)C)C3=CC2=O. The third-order valence-electron chi connectivity index (χ3n) is 35.4. The molecule has 6 spiro atoms. The number of allylic oxidation sites excluding steroid dienone is 15. The molecule has 13 unspecified atom stereocenters. The number of carbonyl (C=O) groups excluding carboxylic acids is 9. The number of Topliss-reactive ketones (excluding diaryl/α,β-unsaturated/α-hetero) is 1. The van der Waals surface area contributed by atoms with Crippen molar-refractivity contribution in [2.75, 3.05) is 63.9 Å². The third kappa shape index (κ3) is 14.9. The van der Waals surface area contributed by atoms with Gasteiger partial charge < -0.3 is 73.0 Å². The molecule has 26 heteroatoms. The molecule has 2 aromatic heterocycles. The summed E-state index contributed by atoms with van der Waals surface area (Å²) in [5, 5.41) is 32.8. The van der Waals surface area contributed by atoms with E-state index in [-0.39, 0.29) is 73.8 Å². The quantitative estimate of drug-likeness (QED) is 0.0729. The number of benzene rings is 3. The first-order chi connectivity index (χ1) is 67.3. The normalized spacial score (nSPS) is 32.6. The van der Waals surface area contributed by atoms with Crippen molar-refractivity contribution in [1.29, 1.82) is 0 Å². The van der Waals surface area contributed by atoms with E-state index in [1.165, 1.54) is 112 Å². The van der Waals surface area contributed by atoms with Gasteiger partial charge in [-0.05, 0) is 255 Å². The van der Waals surface area contributed by atoms with E-state index in [9.17, 15) is 58.5 Å². The second kappa shape index (κ2) is 34.8. The van der Waals surface area contributed by atoms with E-state index in [0.717, 1.165) is 137 Å². The predicted octanol–water partition coefficient (Wildman–Crippen LogP) is 15.9. The standard InChI is InChI=1S/C24H31NO6.C17H19NO3.C16H17NO3S.C16H17NO.C15H18N2O.C15H17NO2.C12H15NO/c1-5-14-11-25(12(2)3)17-10-18(15-8-6-7-9-16(15)19(14)17)30-24-22(29)20(27)21(28)23(31-24)13(4)26;1-10(2)18-7-12-6-17(12)14-4-11(8-21-9-19)3-13(14)15(20)5-16(17)18;1-9(2)17-6-10-5-16(10)12-3-11(7-20-8-18)21-15(12)13(19)4-14(16)17;1-10(2)17-9-11-8-16(11)13-6-4-3-5-12(13)14(18)7-15(16)17;1-8(2)17-7-10-5-15(10)13(17)4-12(18)11-6-16-9(3)14(11)15;1-8(2)16-6-10-5-15(10)12(16)4-11(17)14-13(15)9(3)7-18-14;1-8(2)13-7-9-6-12(9)4-3-10(14)5-11(12)13/h6-10,12,14,20-24,27-29H,5,11H2,1-4H3;4-5,9-10,12H,3,6-8H2,1-2H3;3-4,8-10H,5-7H2,1-2H3;3-7,10-11H,8-9H2,1-2H3;4,8,10H,5-7H2,1-3H3;4,7-8,10H,5-6H2,1-3H3;3-5,8-9H,6-7H2,1-2H3/t14?,20-,21-,22+,23+,24+;;;;;;/m0....../s1. The number of hydrogen-bond acceptors (Lipinski definition) is 26. The lowest BCUT2D eigenvalue weighted by molar-refractivity contribution is -0.265. The van der Waals surface area contributed by atoms with Crippen molar-refractivity contribution in [3.63, 3.8) is 0 Å². The topological polar surface area (TPSA) is 299 Å². The van der Waals surface area contributed by atoms with Gasteiger partial charge in [-0.25, -0.2) is 0 Å². The maximum absolute atomic E-state index is 12.5. The van der Waals surface area contributed by atoms with Crippen LogP contribution < -0.4 is 9.64 Å². The highest BCUT2D eigenvalue weighted by molar-refractivity contribution is 7.14. The molecular weight excluding hydrogens is 1800 g/mol. The number of ether oxygens (including phenoxy) is 4. The molecule has 27 rings (SSSR count). The van der Waals surface area contributed by atoms with Crippen LogP contribution in [0.1, 0.15) is 238 Å². The van der Waals surface area contributed by atoms with Crippen LogP contribution in [0.15, 0.2) is 193 Å². The number of rotatable bonds is 17. The Bertz CT molecular complexity index is 6550. The molecule has 25 nitrogen and oxygen atoms in total. The van der Waals surface area contributed by atoms with Crippen molar-refractivity contribution in [3.05, 3.63) is 233 Å². The van der Waals surface area contributed by atoms with Gasteiger partial charge in [-0.3, -0.25) is 48.1 Å². The van der Waals surface area contributed by atoms with Crippen LogP contribution in [-0.2, 0) is 65.8 Å². The number of likely N-dealkylation sites (tertiary alicyclic amines) is 6. The van der Waals surface area contributed by atoms with Crippen LogP contribution in [0.4, 0.5) is 5.69 Å². The minimum atomic E-state index is -1.55. The monoisotopic (exact) mass is 1930 g/mol. The van der Waals surface area contributed by atoms with Gasteiger partial charge in [0.2, 0.25) is 12.1 Å². The number of piperidine rings is 6. The number of fused-ring (bicyclic) bond motifs is 6. The maximum atomic E-state index is 12.5. The minimum absolute atomic E-state index is 0.0388. The van der Waals surface area contributed by atoms with Crippen LogP contribution in [0, 0.1) is 58.7 Å². The molecule has 141 heavy (non-hydrogen) atoms. The van der Waals surface area contributed by atoms with Crippen molar-refractivity contribution >= 4 is 86.9 Å². The first-order valence-electron chi connectivity index (χ1n) is 51.4. The van der Waals surface area contributed by atoms with Crippen molar-refractivity contribution < 1.29 is 81.8 Å². The highest BCUT2D eigenvalue weighted by Crippen LogP contribution is 2.75. The molecule has 3 aromatic carbocycles. The van der Waals surface area contributed by atoms with Gasteiger partial charge in [0.1, 0.15) is 43.4 Å². The van der Waals surface area contributed by atoms with E-state index >= 15 is 0 Å². The molecule has 6 saturated carbocycles. The average Bonchev–Trinajstić information content (AvgIpc) is 1.51. The summed E-state index contributed by atoms with van der Waals surface area (Å²) in [4.78, 5) is 129. The summed E-state index contributed by atoms with van der Waals surface area (Å²) in [6.07, 6.45) is 20.7. The molecule has 7 saturated heterocycles. The zero-order valence-electron chi connectivity index (χ0n) is 84.4. The van der Waals surface area contributed by atoms with Crippen LogP contribution in [0.25, 0.3) is 10.8 Å². The zero-order valence-corrected chi connectivity index (χ0v) is 85.3. The molecule has 9 aliphatic heterocycles. The van der Waals surface area contributed by atoms with Crippen molar-refractivity contribution in [2.45, 2.75) is 278 Å². The predicted molar refractivity (Wildman–Crippen MR) is 537 cm³/mol. The van der Waals surface area contributed by atoms with Crippen molar-refractivity contribution in [3.8, 4) is 5.75 Å². The van der Waals surface area contributed by atoms with Gasteiger partial charge in [0, 0.05) is 254 Å². The highest BCUT2D eigenvalue weighted by atomic mass is 32.1. The maximum Gasteiger partial charge on any atom is 0.293 e. The smallest absolute Gasteiger partial charge is 0.293 e. The molecule has 0 radical (unpaired) electrons. The number of aliphatic hydroxyl groups excluding tert-OH is 3. The number of aryl methyl sites for hydroxylation is 1. The summed E-state index contributed by atoms with van der Waals surface area (Å²) in [6, 6.07) is 23.3. The van der Waals surface area contributed by atoms with Crippen LogP contribution in [-0.4, -0.2) is 236 Å². The molecule has 13 aliphatic carbocycles. The third-order valence-corrected chi connectivity index (χ3v) is 36.5. The fraction of sp³-hybridized carbons (Fsp3) is 0.530. The van der Waals surface area contributed by atoms with E-state index in [4.69, 9.17) is 23.4 Å². The Hall–Kier alpha value is -11.2. The number of aliphatic hydroxyl groups is 3. The second-order valence-corrected chi connectivity index (χ2v) is 46.5. The molecule has 5 aromatic rings. The fourth-order valence-corrected chi connectivity index (χ4v) is 29.1. The molecule has 0 bridgehead atoms. The fourth-order valence-electron chi connectivity index (χ4n) is 28.0. The Morgan fingerprint density at radius 2 is 1.03 bits per heavy atom. The summed E-state index contributed by atoms with van der Waals surface area (Å²) >= 11 is 1.47. The lowest BCUT2D eigenvalue weighted by atomic mass is 9.80. The Kier molecular flexibility index (Phi) is 23.7. The second-order valence-electron chi connectivity index (χ2n) is 45.4. The first kappa shape index (κ1) is 96.0. The molecule has 11 heterocycles. The number of thiophene rings is 1. The number of anilines is 1. The van der Waals surface area contributed by atoms with E-state index in [1.54, 1.807) is 12.3 Å². The van der Waals surface area contributed by atoms with Gasteiger partial charge in [-0.2, -0.15) is 0 Å². The Morgan fingerprint density at radius 3 is 1.65 bits per heavy atom. The van der Waals surface area contributed by atoms with Gasteiger partial charge in [0.15, 0.2) is 40.5 Å². The van der Waals surface area contributed by atoms with E-state index < -0.39 is 36.5 Å².